The Morgan fingerprint density at radius 1 is 1.29 bits per heavy atom. The summed E-state index contributed by atoms with van der Waals surface area (Å²) in [5.74, 6) is 0. The monoisotopic (exact) mass is 186 g/mol. The third-order valence-electron chi connectivity index (χ3n) is 2.61. The average molecular weight is 186 g/mol. The predicted octanol–water partition coefficient (Wildman–Crippen LogP) is 1.73. The van der Waals surface area contributed by atoms with Crippen LogP contribution >= 0.6 is 0 Å². The van der Waals surface area contributed by atoms with Crippen molar-refractivity contribution in [2.24, 2.45) is 0 Å². The van der Waals surface area contributed by atoms with Gasteiger partial charge in [-0.05, 0) is 31.0 Å². The highest BCUT2D eigenvalue weighted by Gasteiger charge is 2.25. The van der Waals surface area contributed by atoms with Gasteiger partial charge in [0.25, 0.3) is 5.56 Å². The van der Waals surface area contributed by atoms with Crippen LogP contribution in [-0.4, -0.2) is 9.55 Å². The topological polar surface area (TPSA) is 34.9 Å². The van der Waals surface area contributed by atoms with Crippen molar-refractivity contribution in [2.45, 2.75) is 18.9 Å². The summed E-state index contributed by atoms with van der Waals surface area (Å²) in [6.07, 6.45) is 3.99. The number of pyridine rings is 2. The van der Waals surface area contributed by atoms with Crippen LogP contribution < -0.4 is 5.56 Å². The molecule has 2 heterocycles. The van der Waals surface area contributed by atoms with Gasteiger partial charge in [-0.1, -0.05) is 0 Å². The second kappa shape index (κ2) is 2.67. The molecule has 0 N–H and O–H groups in total. The van der Waals surface area contributed by atoms with Gasteiger partial charge in [-0.2, -0.15) is 0 Å². The molecule has 1 fully saturated rings. The summed E-state index contributed by atoms with van der Waals surface area (Å²) < 4.78 is 1.86. The van der Waals surface area contributed by atoms with E-state index in [9.17, 15) is 4.79 Å². The van der Waals surface area contributed by atoms with Gasteiger partial charge in [0.05, 0.1) is 11.0 Å². The van der Waals surface area contributed by atoms with Crippen molar-refractivity contribution >= 4 is 11.0 Å². The van der Waals surface area contributed by atoms with Crippen LogP contribution in [0.2, 0.25) is 0 Å². The first-order valence-corrected chi connectivity index (χ1v) is 4.82. The molecule has 2 aromatic rings. The molecule has 0 aromatic carbocycles. The molecule has 1 aliphatic carbocycles. The van der Waals surface area contributed by atoms with Gasteiger partial charge in [-0.3, -0.25) is 9.78 Å². The quantitative estimate of drug-likeness (QED) is 0.679. The van der Waals surface area contributed by atoms with Gasteiger partial charge in [-0.15, -0.1) is 0 Å². The highest BCUT2D eigenvalue weighted by atomic mass is 16.1. The zero-order valence-electron chi connectivity index (χ0n) is 7.68. The molecule has 0 atom stereocenters. The number of nitrogens with zero attached hydrogens (tertiary/aromatic N) is 2. The lowest BCUT2D eigenvalue weighted by molar-refractivity contribution is 0.738. The van der Waals surface area contributed by atoms with Gasteiger partial charge >= 0.3 is 0 Å². The van der Waals surface area contributed by atoms with E-state index in [2.05, 4.69) is 4.98 Å². The maximum Gasteiger partial charge on any atom is 0.251 e. The second-order valence-electron chi connectivity index (χ2n) is 3.68. The SMILES string of the molecule is O=c1ccc2ncccc2n1C1CC1. The maximum atomic E-state index is 11.6. The van der Waals surface area contributed by atoms with Crippen molar-refractivity contribution in [2.75, 3.05) is 0 Å². The molecular formula is C11H10N2O. The lowest BCUT2D eigenvalue weighted by atomic mass is 10.3. The van der Waals surface area contributed by atoms with Gasteiger partial charge in [0.1, 0.15) is 0 Å². The van der Waals surface area contributed by atoms with E-state index in [1.54, 1.807) is 18.3 Å². The van der Waals surface area contributed by atoms with Crippen LogP contribution in [0.4, 0.5) is 0 Å². The van der Waals surface area contributed by atoms with Gasteiger partial charge in [0, 0.05) is 18.3 Å². The normalized spacial score (nSPS) is 16.0. The number of rotatable bonds is 1. The van der Waals surface area contributed by atoms with Gasteiger partial charge in [0.15, 0.2) is 0 Å². The summed E-state index contributed by atoms with van der Waals surface area (Å²) in [6.45, 7) is 0. The number of aromatic nitrogens is 2. The van der Waals surface area contributed by atoms with E-state index >= 15 is 0 Å². The fourth-order valence-corrected chi connectivity index (χ4v) is 1.80. The minimum absolute atomic E-state index is 0.0907. The van der Waals surface area contributed by atoms with Crippen LogP contribution in [0.5, 0.6) is 0 Å². The van der Waals surface area contributed by atoms with Crippen molar-refractivity contribution in [1.82, 2.24) is 9.55 Å². The van der Waals surface area contributed by atoms with Crippen molar-refractivity contribution in [1.29, 1.82) is 0 Å². The smallest absolute Gasteiger partial charge is 0.251 e. The highest BCUT2D eigenvalue weighted by molar-refractivity contribution is 5.74. The van der Waals surface area contributed by atoms with Crippen molar-refractivity contribution in [3.8, 4) is 0 Å². The van der Waals surface area contributed by atoms with Gasteiger partial charge in [-0.25, -0.2) is 0 Å². The van der Waals surface area contributed by atoms with Crippen LogP contribution in [0, 0.1) is 0 Å². The van der Waals surface area contributed by atoms with Crippen molar-refractivity contribution in [3.63, 3.8) is 0 Å². The van der Waals surface area contributed by atoms with Crippen molar-refractivity contribution in [3.05, 3.63) is 40.8 Å². The Morgan fingerprint density at radius 3 is 2.93 bits per heavy atom. The molecule has 2 aromatic heterocycles. The van der Waals surface area contributed by atoms with Gasteiger partial charge < -0.3 is 4.57 Å². The van der Waals surface area contributed by atoms with Crippen molar-refractivity contribution < 1.29 is 0 Å². The van der Waals surface area contributed by atoms with Crippen LogP contribution in [0.3, 0.4) is 0 Å². The number of hydrogen-bond donors (Lipinski definition) is 0. The maximum absolute atomic E-state index is 11.6. The standard InChI is InChI=1S/C11H10N2O/c14-11-6-5-9-10(2-1-7-12-9)13(11)8-3-4-8/h1-2,5-8H,3-4H2. The van der Waals surface area contributed by atoms with E-state index in [0.717, 1.165) is 23.9 Å². The molecule has 3 rings (SSSR count). The molecule has 0 saturated heterocycles. The first-order valence-electron chi connectivity index (χ1n) is 4.82. The molecule has 3 nitrogen and oxygen atoms in total. The minimum Gasteiger partial charge on any atom is -0.304 e. The molecule has 0 radical (unpaired) electrons. The number of fused-ring (bicyclic) bond motifs is 1. The molecule has 3 heteroatoms. The molecule has 0 bridgehead atoms. The van der Waals surface area contributed by atoms with E-state index in [1.807, 2.05) is 16.7 Å². The fraction of sp³-hybridized carbons (Fsp3) is 0.273. The Hall–Kier alpha value is -1.64. The lowest BCUT2D eigenvalue weighted by Gasteiger charge is -2.06. The molecule has 70 valence electrons. The largest absolute Gasteiger partial charge is 0.304 e. The Labute approximate surface area is 81.0 Å². The minimum atomic E-state index is 0.0907. The zero-order chi connectivity index (χ0) is 9.54. The third-order valence-corrected chi connectivity index (χ3v) is 2.61. The number of hydrogen-bond acceptors (Lipinski definition) is 2. The molecule has 0 aliphatic heterocycles. The summed E-state index contributed by atoms with van der Waals surface area (Å²) in [7, 11) is 0. The molecule has 14 heavy (non-hydrogen) atoms. The van der Waals surface area contributed by atoms with E-state index in [-0.39, 0.29) is 5.56 Å². The summed E-state index contributed by atoms with van der Waals surface area (Å²) in [4.78, 5) is 15.9. The third kappa shape index (κ3) is 1.05. The molecular weight excluding hydrogens is 176 g/mol. The average Bonchev–Trinajstić information content (AvgIpc) is 3.01. The Bertz CT molecular complexity index is 540. The summed E-state index contributed by atoms with van der Waals surface area (Å²) in [5, 5.41) is 0. The van der Waals surface area contributed by atoms with E-state index in [4.69, 9.17) is 0 Å². The molecule has 0 unspecified atom stereocenters. The lowest BCUT2D eigenvalue weighted by Crippen LogP contribution is -2.18. The Balaban J connectivity index is 2.42. The highest BCUT2D eigenvalue weighted by Crippen LogP contribution is 2.35. The molecule has 1 aliphatic rings. The van der Waals surface area contributed by atoms with Crippen LogP contribution in [0.15, 0.2) is 35.3 Å². The zero-order valence-corrected chi connectivity index (χ0v) is 7.68. The van der Waals surface area contributed by atoms with E-state index in [0.29, 0.717) is 6.04 Å². The Kier molecular flexibility index (Phi) is 1.48. The predicted molar refractivity (Wildman–Crippen MR) is 54.3 cm³/mol. The first kappa shape index (κ1) is 7.74. The fourth-order valence-electron chi connectivity index (χ4n) is 1.80. The van der Waals surface area contributed by atoms with Crippen LogP contribution in [0.1, 0.15) is 18.9 Å². The second-order valence-corrected chi connectivity index (χ2v) is 3.68. The molecule has 1 saturated carbocycles. The van der Waals surface area contributed by atoms with Gasteiger partial charge in [0.2, 0.25) is 0 Å². The van der Waals surface area contributed by atoms with Crippen LogP contribution in [0.25, 0.3) is 11.0 Å². The first-order chi connectivity index (χ1) is 6.86. The van der Waals surface area contributed by atoms with E-state index < -0.39 is 0 Å². The summed E-state index contributed by atoms with van der Waals surface area (Å²) in [6, 6.07) is 7.64. The summed E-state index contributed by atoms with van der Waals surface area (Å²) in [5.41, 5.74) is 1.95. The molecule has 0 spiro atoms. The molecule has 0 amide bonds. The van der Waals surface area contributed by atoms with E-state index in [1.165, 1.54) is 0 Å². The summed E-state index contributed by atoms with van der Waals surface area (Å²) >= 11 is 0. The van der Waals surface area contributed by atoms with Crippen LogP contribution in [-0.2, 0) is 0 Å². The Morgan fingerprint density at radius 2 is 2.14 bits per heavy atom.